The van der Waals surface area contributed by atoms with Gasteiger partial charge in [-0.1, -0.05) is 34.6 Å². The highest BCUT2D eigenvalue weighted by atomic mass is 16.6. The highest BCUT2D eigenvalue weighted by molar-refractivity contribution is 5.64. The summed E-state index contributed by atoms with van der Waals surface area (Å²) in [6, 6.07) is 1.61. The van der Waals surface area contributed by atoms with Crippen LogP contribution in [0.15, 0.2) is 6.07 Å². The third-order valence-corrected chi connectivity index (χ3v) is 2.89. The Morgan fingerprint density at radius 1 is 1.22 bits per heavy atom. The van der Waals surface area contributed by atoms with Gasteiger partial charge in [-0.2, -0.15) is 0 Å². The number of phenolic OH excluding ortho intramolecular Hbond substituents is 2. The zero-order valence-electron chi connectivity index (χ0n) is 11.3. The number of benzene rings is 1. The van der Waals surface area contributed by atoms with E-state index in [-0.39, 0.29) is 5.92 Å². The summed E-state index contributed by atoms with van der Waals surface area (Å²) in [6.45, 7) is 9.24. The number of nitrogens with zero attached hydrogens (tertiary/aromatic N) is 1. The van der Waals surface area contributed by atoms with Crippen molar-refractivity contribution >= 4 is 5.69 Å². The molecule has 0 aliphatic heterocycles. The van der Waals surface area contributed by atoms with Crippen molar-refractivity contribution in [1.82, 2.24) is 0 Å². The largest absolute Gasteiger partial charge is 0.504 e. The van der Waals surface area contributed by atoms with Gasteiger partial charge in [0.15, 0.2) is 5.75 Å². The van der Waals surface area contributed by atoms with Gasteiger partial charge in [0, 0.05) is 11.1 Å². The van der Waals surface area contributed by atoms with E-state index in [1.807, 2.05) is 34.6 Å². The van der Waals surface area contributed by atoms with E-state index in [9.17, 15) is 20.3 Å². The lowest BCUT2D eigenvalue weighted by molar-refractivity contribution is -0.386. The summed E-state index contributed by atoms with van der Waals surface area (Å²) in [5.41, 5.74) is 0.130. The summed E-state index contributed by atoms with van der Waals surface area (Å²) >= 11 is 0. The van der Waals surface area contributed by atoms with Crippen molar-refractivity contribution in [2.24, 2.45) is 0 Å². The Bertz CT molecular complexity index is 487. The minimum atomic E-state index is -0.656. The highest BCUT2D eigenvalue weighted by Crippen LogP contribution is 2.46. The van der Waals surface area contributed by atoms with Gasteiger partial charge in [0.1, 0.15) is 0 Å². The van der Waals surface area contributed by atoms with Gasteiger partial charge < -0.3 is 10.2 Å². The molecule has 1 aromatic carbocycles. The topological polar surface area (TPSA) is 83.6 Å². The number of nitro benzene ring substituents is 1. The molecule has 0 amide bonds. The lowest BCUT2D eigenvalue weighted by Gasteiger charge is -2.22. The third-order valence-electron chi connectivity index (χ3n) is 2.89. The lowest BCUT2D eigenvalue weighted by Crippen LogP contribution is -2.13. The van der Waals surface area contributed by atoms with E-state index >= 15 is 0 Å². The molecule has 0 spiro atoms. The first kappa shape index (κ1) is 14.3. The van der Waals surface area contributed by atoms with Crippen LogP contribution in [0.3, 0.4) is 0 Å². The van der Waals surface area contributed by atoms with Crippen LogP contribution in [-0.4, -0.2) is 15.1 Å². The minimum Gasteiger partial charge on any atom is -0.504 e. The molecule has 5 heteroatoms. The van der Waals surface area contributed by atoms with Gasteiger partial charge in [0.2, 0.25) is 5.75 Å². The number of aromatic hydroxyl groups is 2. The van der Waals surface area contributed by atoms with Crippen molar-refractivity contribution in [3.05, 3.63) is 27.3 Å². The van der Waals surface area contributed by atoms with Crippen molar-refractivity contribution in [3.8, 4) is 11.5 Å². The summed E-state index contributed by atoms with van der Waals surface area (Å²) in [5, 5.41) is 30.8. The predicted molar refractivity (Wildman–Crippen MR) is 69.2 cm³/mol. The average molecular weight is 253 g/mol. The van der Waals surface area contributed by atoms with E-state index in [1.165, 1.54) is 0 Å². The molecule has 0 heterocycles. The smallest absolute Gasteiger partial charge is 0.318 e. The number of phenols is 2. The second-order valence-electron chi connectivity index (χ2n) is 5.72. The third kappa shape index (κ3) is 2.39. The van der Waals surface area contributed by atoms with Gasteiger partial charge in [-0.25, -0.2) is 0 Å². The molecule has 2 N–H and O–H groups in total. The van der Waals surface area contributed by atoms with Crippen molar-refractivity contribution in [3.63, 3.8) is 0 Å². The van der Waals surface area contributed by atoms with E-state index in [0.29, 0.717) is 11.1 Å². The molecular formula is C13H19NO4. The van der Waals surface area contributed by atoms with Crippen LogP contribution in [0.2, 0.25) is 0 Å². The SMILES string of the molecule is CC(C)c1cc(C(C)(C)C)c(O)c(O)c1[N+](=O)[O-]. The molecule has 0 aliphatic rings. The number of hydrogen-bond acceptors (Lipinski definition) is 4. The first-order valence-corrected chi connectivity index (χ1v) is 5.81. The first-order valence-electron chi connectivity index (χ1n) is 5.81. The fraction of sp³-hybridized carbons (Fsp3) is 0.538. The molecule has 0 aromatic heterocycles. The van der Waals surface area contributed by atoms with Crippen LogP contribution in [-0.2, 0) is 5.41 Å². The molecule has 1 rings (SSSR count). The van der Waals surface area contributed by atoms with E-state index < -0.39 is 27.5 Å². The standard InChI is InChI=1S/C13H19NO4/c1-7(2)8-6-9(13(3,4)5)11(15)12(16)10(8)14(17)18/h6-7,15-16H,1-5H3. The molecule has 0 fully saturated rings. The Labute approximate surface area is 106 Å². The van der Waals surface area contributed by atoms with Crippen molar-refractivity contribution < 1.29 is 15.1 Å². The van der Waals surface area contributed by atoms with Gasteiger partial charge >= 0.3 is 5.69 Å². The average Bonchev–Trinajstić information content (AvgIpc) is 2.18. The van der Waals surface area contributed by atoms with Crippen molar-refractivity contribution in [1.29, 1.82) is 0 Å². The molecule has 5 nitrogen and oxygen atoms in total. The zero-order chi connectivity index (χ0) is 14.2. The van der Waals surface area contributed by atoms with Crippen molar-refractivity contribution in [2.45, 2.75) is 46.0 Å². The minimum absolute atomic E-state index is 0.113. The Kier molecular flexibility index (Phi) is 3.55. The second-order valence-corrected chi connectivity index (χ2v) is 5.72. The van der Waals surface area contributed by atoms with Crippen LogP contribution in [0.25, 0.3) is 0 Å². The molecule has 0 bridgehead atoms. The molecule has 1 aromatic rings. The van der Waals surface area contributed by atoms with Crippen LogP contribution < -0.4 is 0 Å². The molecule has 0 saturated carbocycles. The fourth-order valence-electron chi connectivity index (χ4n) is 1.87. The Morgan fingerprint density at radius 3 is 2.06 bits per heavy atom. The highest BCUT2D eigenvalue weighted by Gasteiger charge is 2.31. The van der Waals surface area contributed by atoms with Crippen molar-refractivity contribution in [2.75, 3.05) is 0 Å². The number of hydrogen-bond donors (Lipinski definition) is 2. The van der Waals surface area contributed by atoms with E-state index in [4.69, 9.17) is 0 Å². The Hall–Kier alpha value is -1.78. The molecule has 0 saturated heterocycles. The summed E-state index contributed by atoms with van der Waals surface area (Å²) in [4.78, 5) is 10.3. The molecule has 0 atom stereocenters. The number of rotatable bonds is 2. The molecule has 18 heavy (non-hydrogen) atoms. The lowest BCUT2D eigenvalue weighted by atomic mass is 9.83. The van der Waals surface area contributed by atoms with Gasteiger partial charge in [-0.05, 0) is 17.4 Å². The van der Waals surface area contributed by atoms with E-state index in [1.54, 1.807) is 6.07 Å². The normalized spacial score (nSPS) is 11.9. The maximum atomic E-state index is 11.0. The molecule has 0 radical (unpaired) electrons. The quantitative estimate of drug-likeness (QED) is 0.480. The Morgan fingerprint density at radius 2 is 1.72 bits per heavy atom. The Balaban J connectivity index is 3.70. The zero-order valence-corrected chi connectivity index (χ0v) is 11.3. The van der Waals surface area contributed by atoms with Gasteiger partial charge in [0.05, 0.1) is 4.92 Å². The summed E-state index contributed by atoms with van der Waals surface area (Å²) < 4.78 is 0. The molecule has 0 aliphatic carbocycles. The van der Waals surface area contributed by atoms with Crippen LogP contribution in [0.4, 0.5) is 5.69 Å². The number of nitro groups is 1. The maximum absolute atomic E-state index is 11.0. The van der Waals surface area contributed by atoms with E-state index in [0.717, 1.165) is 0 Å². The van der Waals surface area contributed by atoms with Crippen LogP contribution in [0.1, 0.15) is 51.7 Å². The van der Waals surface area contributed by atoms with Crippen LogP contribution in [0, 0.1) is 10.1 Å². The summed E-state index contributed by atoms with van der Waals surface area (Å²) in [6.07, 6.45) is 0. The van der Waals surface area contributed by atoms with Gasteiger partial charge in [0.25, 0.3) is 0 Å². The summed E-state index contributed by atoms with van der Waals surface area (Å²) in [5.74, 6) is -1.16. The van der Waals surface area contributed by atoms with Crippen LogP contribution in [0.5, 0.6) is 11.5 Å². The summed E-state index contributed by atoms with van der Waals surface area (Å²) in [7, 11) is 0. The molecule has 0 unspecified atom stereocenters. The van der Waals surface area contributed by atoms with Gasteiger partial charge in [-0.15, -0.1) is 0 Å². The predicted octanol–water partition coefficient (Wildman–Crippen LogP) is 3.43. The van der Waals surface area contributed by atoms with E-state index in [2.05, 4.69) is 0 Å². The van der Waals surface area contributed by atoms with Crippen LogP contribution >= 0.6 is 0 Å². The second kappa shape index (κ2) is 4.48. The molecular weight excluding hydrogens is 234 g/mol. The first-order chi connectivity index (χ1) is 8.07. The van der Waals surface area contributed by atoms with Gasteiger partial charge in [-0.3, -0.25) is 10.1 Å². The maximum Gasteiger partial charge on any atom is 0.318 e. The molecule has 100 valence electrons. The monoisotopic (exact) mass is 253 g/mol. The fourth-order valence-corrected chi connectivity index (χ4v) is 1.87.